The number of carbonyl (C=O) groups excluding carboxylic acids is 1. The van der Waals surface area contributed by atoms with Gasteiger partial charge in [-0.15, -0.1) is 0 Å². The molecule has 0 atom stereocenters. The second-order valence-corrected chi connectivity index (χ2v) is 5.72. The molecule has 0 radical (unpaired) electrons. The first-order valence-electron chi connectivity index (χ1n) is 6.62. The van der Waals surface area contributed by atoms with Crippen molar-refractivity contribution in [2.45, 2.75) is 0 Å². The zero-order chi connectivity index (χ0) is 16.7. The minimum atomic E-state index is -0.363. The highest BCUT2D eigenvalue weighted by Crippen LogP contribution is 2.28. The number of hydrazone groups is 1. The molecule has 7 heteroatoms. The molecule has 0 aromatic heterocycles. The average molecular weight is 398 g/mol. The van der Waals surface area contributed by atoms with Crippen LogP contribution in [-0.2, 0) is 4.79 Å². The lowest BCUT2D eigenvalue weighted by Gasteiger charge is -2.08. The van der Waals surface area contributed by atoms with Gasteiger partial charge in [-0.25, -0.2) is 5.43 Å². The molecular formula is C16H14BrClN2O3. The summed E-state index contributed by atoms with van der Waals surface area (Å²) in [4.78, 5) is 11.7. The van der Waals surface area contributed by atoms with E-state index in [9.17, 15) is 4.79 Å². The average Bonchev–Trinajstić information content (AvgIpc) is 2.55. The number of rotatable bonds is 6. The third kappa shape index (κ3) is 5.58. The summed E-state index contributed by atoms with van der Waals surface area (Å²) in [6.45, 7) is -0.150. The van der Waals surface area contributed by atoms with Crippen LogP contribution in [0.5, 0.6) is 11.5 Å². The number of nitrogens with zero attached hydrogens (tertiary/aromatic N) is 1. The maximum Gasteiger partial charge on any atom is 0.277 e. The predicted octanol–water partition coefficient (Wildman–Crippen LogP) is 3.64. The zero-order valence-corrected chi connectivity index (χ0v) is 14.6. The lowest BCUT2D eigenvalue weighted by molar-refractivity contribution is -0.123. The van der Waals surface area contributed by atoms with E-state index in [0.29, 0.717) is 21.0 Å². The molecule has 2 aromatic carbocycles. The predicted molar refractivity (Wildman–Crippen MR) is 93.4 cm³/mol. The molecule has 1 N–H and O–H groups in total. The molecule has 0 unspecified atom stereocenters. The van der Waals surface area contributed by atoms with E-state index >= 15 is 0 Å². The standard InChI is InChI=1S/C16H14BrClN2O3/c1-22-13-6-7-15(14(17)8-13)23-10-16(21)20-19-9-11-2-4-12(18)5-3-11/h2-9H,10H2,1H3,(H,20,21). The van der Waals surface area contributed by atoms with Crippen molar-refractivity contribution in [1.29, 1.82) is 0 Å². The van der Waals surface area contributed by atoms with Crippen LogP contribution in [0.1, 0.15) is 5.56 Å². The van der Waals surface area contributed by atoms with Gasteiger partial charge in [0, 0.05) is 5.02 Å². The fourth-order valence-electron chi connectivity index (χ4n) is 1.63. The molecule has 2 aromatic rings. The lowest BCUT2D eigenvalue weighted by atomic mass is 10.2. The zero-order valence-electron chi connectivity index (χ0n) is 12.3. The fraction of sp³-hybridized carbons (Fsp3) is 0.125. The van der Waals surface area contributed by atoms with Crippen LogP contribution in [0.15, 0.2) is 52.0 Å². The smallest absolute Gasteiger partial charge is 0.277 e. The van der Waals surface area contributed by atoms with E-state index in [-0.39, 0.29) is 12.5 Å². The number of benzene rings is 2. The quantitative estimate of drug-likeness (QED) is 0.598. The molecule has 0 fully saturated rings. The van der Waals surface area contributed by atoms with E-state index in [4.69, 9.17) is 21.1 Å². The lowest BCUT2D eigenvalue weighted by Crippen LogP contribution is -2.24. The van der Waals surface area contributed by atoms with E-state index < -0.39 is 0 Å². The minimum Gasteiger partial charge on any atom is -0.497 e. The number of carbonyl (C=O) groups is 1. The molecule has 0 aliphatic rings. The molecule has 1 amide bonds. The van der Waals surface area contributed by atoms with Crippen LogP contribution in [0.3, 0.4) is 0 Å². The van der Waals surface area contributed by atoms with Gasteiger partial charge in [-0.3, -0.25) is 4.79 Å². The highest BCUT2D eigenvalue weighted by Gasteiger charge is 2.06. The highest BCUT2D eigenvalue weighted by atomic mass is 79.9. The molecule has 2 rings (SSSR count). The van der Waals surface area contributed by atoms with Gasteiger partial charge in [0.25, 0.3) is 5.91 Å². The van der Waals surface area contributed by atoms with Gasteiger partial charge >= 0.3 is 0 Å². The number of ether oxygens (including phenoxy) is 2. The Labute approximate surface area is 147 Å². The van der Waals surface area contributed by atoms with Crippen molar-refractivity contribution >= 4 is 39.7 Å². The molecule has 5 nitrogen and oxygen atoms in total. The third-order valence-corrected chi connectivity index (χ3v) is 3.64. The van der Waals surface area contributed by atoms with E-state index in [1.165, 1.54) is 6.21 Å². The van der Waals surface area contributed by atoms with Crippen LogP contribution in [0, 0.1) is 0 Å². The Kier molecular flexibility index (Phi) is 6.43. The molecule has 0 bridgehead atoms. The Bertz CT molecular complexity index is 705. The summed E-state index contributed by atoms with van der Waals surface area (Å²) < 4.78 is 11.2. The maximum atomic E-state index is 11.7. The van der Waals surface area contributed by atoms with Crippen LogP contribution in [0.2, 0.25) is 5.02 Å². The van der Waals surface area contributed by atoms with Crippen molar-refractivity contribution in [2.75, 3.05) is 13.7 Å². The Morgan fingerprint density at radius 2 is 2.04 bits per heavy atom. The Morgan fingerprint density at radius 1 is 1.30 bits per heavy atom. The van der Waals surface area contributed by atoms with Gasteiger partial charge in [0.2, 0.25) is 0 Å². The van der Waals surface area contributed by atoms with Crippen LogP contribution in [0.4, 0.5) is 0 Å². The molecule has 0 aliphatic carbocycles. The van der Waals surface area contributed by atoms with Crippen LogP contribution in [-0.4, -0.2) is 25.8 Å². The molecule has 0 spiro atoms. The van der Waals surface area contributed by atoms with Crippen molar-refractivity contribution in [1.82, 2.24) is 5.43 Å². The van der Waals surface area contributed by atoms with Gasteiger partial charge in [-0.2, -0.15) is 5.10 Å². The second kappa shape index (κ2) is 8.55. The third-order valence-electron chi connectivity index (χ3n) is 2.77. The summed E-state index contributed by atoms with van der Waals surface area (Å²) in [6.07, 6.45) is 1.53. The van der Waals surface area contributed by atoms with Gasteiger partial charge in [-0.1, -0.05) is 23.7 Å². The first-order valence-corrected chi connectivity index (χ1v) is 7.79. The van der Waals surface area contributed by atoms with Crippen molar-refractivity contribution in [3.63, 3.8) is 0 Å². The summed E-state index contributed by atoms with van der Waals surface area (Å²) >= 11 is 9.13. The number of halogens is 2. The van der Waals surface area contributed by atoms with Gasteiger partial charge < -0.3 is 9.47 Å². The van der Waals surface area contributed by atoms with Crippen LogP contribution < -0.4 is 14.9 Å². The van der Waals surface area contributed by atoms with Gasteiger partial charge in [0.1, 0.15) is 11.5 Å². The van der Waals surface area contributed by atoms with Crippen LogP contribution >= 0.6 is 27.5 Å². The molecule has 0 aliphatic heterocycles. The fourth-order valence-corrected chi connectivity index (χ4v) is 2.23. The molecule has 0 saturated heterocycles. The number of amides is 1. The summed E-state index contributed by atoms with van der Waals surface area (Å²) in [5, 5.41) is 4.50. The largest absolute Gasteiger partial charge is 0.497 e. The summed E-state index contributed by atoms with van der Waals surface area (Å²) in [7, 11) is 1.58. The Balaban J connectivity index is 1.82. The van der Waals surface area contributed by atoms with E-state index in [2.05, 4.69) is 26.5 Å². The second-order valence-electron chi connectivity index (χ2n) is 4.43. The minimum absolute atomic E-state index is 0.150. The molecule has 120 valence electrons. The van der Waals surface area contributed by atoms with E-state index in [1.807, 2.05) is 0 Å². The molecule has 0 heterocycles. The molecule has 0 saturated carbocycles. The topological polar surface area (TPSA) is 59.9 Å². The van der Waals surface area contributed by atoms with Crippen molar-refractivity contribution in [3.05, 3.63) is 57.5 Å². The monoisotopic (exact) mass is 396 g/mol. The van der Waals surface area contributed by atoms with Gasteiger partial charge in [0.05, 0.1) is 17.8 Å². The van der Waals surface area contributed by atoms with Gasteiger partial charge in [0.15, 0.2) is 6.61 Å². The normalized spacial score (nSPS) is 10.6. The summed E-state index contributed by atoms with van der Waals surface area (Å²) in [5.74, 6) is 0.877. The molecular weight excluding hydrogens is 384 g/mol. The van der Waals surface area contributed by atoms with Gasteiger partial charge in [-0.05, 0) is 51.8 Å². The molecule has 23 heavy (non-hydrogen) atoms. The van der Waals surface area contributed by atoms with Crippen LogP contribution in [0.25, 0.3) is 0 Å². The number of hydrogen-bond acceptors (Lipinski definition) is 4. The summed E-state index contributed by atoms with van der Waals surface area (Å²) in [6, 6.07) is 12.3. The Hall–Kier alpha value is -2.05. The van der Waals surface area contributed by atoms with E-state index in [0.717, 1.165) is 5.56 Å². The first-order chi connectivity index (χ1) is 11.1. The SMILES string of the molecule is COc1ccc(OCC(=O)NN=Cc2ccc(Cl)cc2)c(Br)c1. The Morgan fingerprint density at radius 3 is 2.70 bits per heavy atom. The van der Waals surface area contributed by atoms with Crippen molar-refractivity contribution in [3.8, 4) is 11.5 Å². The maximum absolute atomic E-state index is 11.7. The number of methoxy groups -OCH3 is 1. The van der Waals surface area contributed by atoms with E-state index in [1.54, 1.807) is 49.6 Å². The number of nitrogens with one attached hydrogen (secondary N) is 1. The number of hydrogen-bond donors (Lipinski definition) is 1. The highest BCUT2D eigenvalue weighted by molar-refractivity contribution is 9.10. The first kappa shape index (κ1) is 17.3. The summed E-state index contributed by atoms with van der Waals surface area (Å²) in [5.41, 5.74) is 3.22. The van der Waals surface area contributed by atoms with Crippen molar-refractivity contribution < 1.29 is 14.3 Å². The van der Waals surface area contributed by atoms with Crippen molar-refractivity contribution in [2.24, 2.45) is 5.10 Å².